The van der Waals surface area contributed by atoms with Crippen molar-refractivity contribution in [1.29, 1.82) is 5.26 Å². The zero-order valence-electron chi connectivity index (χ0n) is 41.0. The van der Waals surface area contributed by atoms with Crippen LogP contribution in [0.2, 0.25) is 0 Å². The molecule has 2 aliphatic rings. The van der Waals surface area contributed by atoms with Crippen molar-refractivity contribution in [3.63, 3.8) is 0 Å². The Labute approximate surface area is 418 Å². The number of nitrogens with one attached hydrogen (secondary N) is 2. The van der Waals surface area contributed by atoms with Gasteiger partial charge in [-0.25, -0.2) is 9.37 Å². The van der Waals surface area contributed by atoms with Crippen LogP contribution >= 0.6 is 11.3 Å². The first kappa shape index (κ1) is 54.7. The normalized spacial score (nSPS) is 17.2. The Kier molecular flexibility index (Phi) is 17.3. The number of ether oxygens (including phenoxy) is 4. The Balaban J connectivity index is 0.916. The number of carbonyl (C=O) groups is 4. The number of hydrogen-bond acceptors (Lipinski definition) is 14. The molecule has 386 valence electrons. The summed E-state index contributed by atoms with van der Waals surface area (Å²) in [7, 11) is 1.32. The lowest BCUT2D eigenvalue weighted by Crippen LogP contribution is -2.58. The van der Waals surface area contributed by atoms with Gasteiger partial charge in [0.15, 0.2) is 5.82 Å². The van der Waals surface area contributed by atoms with Crippen molar-refractivity contribution in [2.75, 3.05) is 56.5 Å². The van der Waals surface area contributed by atoms with Gasteiger partial charge in [0, 0.05) is 32.2 Å². The number of aromatic nitrogens is 2. The average Bonchev–Trinajstić information content (AvgIpc) is 3.99. The van der Waals surface area contributed by atoms with Gasteiger partial charge in [-0.1, -0.05) is 51.6 Å². The zero-order chi connectivity index (χ0) is 52.7. The van der Waals surface area contributed by atoms with Gasteiger partial charge in [0.25, 0.3) is 5.91 Å². The summed E-state index contributed by atoms with van der Waals surface area (Å²) in [5.41, 5.74) is -0.884. The monoisotopic (exact) mass is 1020 g/mol. The van der Waals surface area contributed by atoms with E-state index in [0.29, 0.717) is 19.4 Å². The summed E-state index contributed by atoms with van der Waals surface area (Å²) >= 11 is 1.55. The Hall–Kier alpha value is -6.67. The number of halogens is 4. The lowest BCUT2D eigenvalue weighted by molar-refractivity contribution is -0.144. The number of β-amino-alcohol motifs (C(OH)–C–C–N with tert-alkyl or cyclic N) is 1. The van der Waals surface area contributed by atoms with E-state index in [2.05, 4.69) is 27.2 Å². The molecule has 0 radical (unpaired) electrons. The van der Waals surface area contributed by atoms with Crippen LogP contribution in [0.1, 0.15) is 76.3 Å². The number of nitriles is 1. The SMILES string of the molecule is C=C1N(c2ccc(C#N)c(C(F)(F)F)c2F)C(=O)C(C)(C)N1c1ccc(OCCCCOCCOCC(=O)N[C@H](C(=O)N2C[C@H](O)C[C@H]2C(=O)NCc2ccc(-c3scnc3C)cc2)C(C)(C)C)nc1OC. The molecule has 0 aliphatic carbocycles. The summed E-state index contributed by atoms with van der Waals surface area (Å²) in [4.78, 5) is 67.3. The molecule has 2 aromatic carbocycles. The van der Waals surface area contributed by atoms with Crippen molar-refractivity contribution in [2.45, 2.75) is 97.3 Å². The molecule has 0 bridgehead atoms. The lowest BCUT2D eigenvalue weighted by Gasteiger charge is -2.35. The Morgan fingerprint density at radius 3 is 2.33 bits per heavy atom. The molecule has 6 rings (SSSR count). The molecule has 2 saturated heterocycles. The summed E-state index contributed by atoms with van der Waals surface area (Å²) in [5.74, 6) is -4.05. The fraction of sp³-hybridized carbons (Fsp3) is 0.460. The molecule has 3 atom stereocenters. The number of anilines is 2. The van der Waals surface area contributed by atoms with Crippen molar-refractivity contribution >= 4 is 46.3 Å². The quantitative estimate of drug-likeness (QED) is 0.0626. The van der Waals surface area contributed by atoms with Gasteiger partial charge in [-0.2, -0.15) is 23.4 Å². The number of carbonyl (C=O) groups excluding carboxylic acids is 4. The van der Waals surface area contributed by atoms with E-state index in [4.69, 9.17) is 18.9 Å². The predicted octanol–water partition coefficient (Wildman–Crippen LogP) is 6.66. The summed E-state index contributed by atoms with van der Waals surface area (Å²) < 4.78 is 79.4. The fourth-order valence-electron chi connectivity index (χ4n) is 8.37. The number of benzene rings is 2. The van der Waals surface area contributed by atoms with E-state index >= 15 is 4.39 Å². The minimum Gasteiger partial charge on any atom is -0.479 e. The molecule has 17 nitrogen and oxygen atoms in total. The second kappa shape index (κ2) is 22.8. The molecule has 0 spiro atoms. The molecule has 0 saturated carbocycles. The standard InChI is InChI=1S/C50H58F4N8O9S/c1-29-42(72-28-57-29)32-13-11-31(12-14-32)25-56-44(65)37-23-34(63)26-60(37)46(66)43(48(3,4)5)58-38(64)27-70-22-21-69-19-9-10-20-71-39-18-17-36(45(59-39)68-8)62-30(2)61(47(67)49(62,6)7)35-16-15-33(24-55)40(41(35)51)50(52,53)54/h11-18,28,34,37,43,63H,2,9-10,19-23,25-27H2,1,3-8H3,(H,56,65)(H,58,64)/t34-,37+,43-/m1/s1. The van der Waals surface area contributed by atoms with Crippen LogP contribution in [0.3, 0.4) is 0 Å². The lowest BCUT2D eigenvalue weighted by atomic mass is 9.85. The van der Waals surface area contributed by atoms with Gasteiger partial charge in [-0.3, -0.25) is 24.1 Å². The van der Waals surface area contributed by atoms with Crippen molar-refractivity contribution in [1.82, 2.24) is 25.5 Å². The molecule has 2 aromatic heterocycles. The average molecular weight is 1020 g/mol. The highest BCUT2D eigenvalue weighted by molar-refractivity contribution is 7.13. The number of rotatable bonds is 20. The van der Waals surface area contributed by atoms with Gasteiger partial charge in [0.2, 0.25) is 29.5 Å². The van der Waals surface area contributed by atoms with Gasteiger partial charge >= 0.3 is 6.18 Å². The van der Waals surface area contributed by atoms with Gasteiger partial charge in [-0.05, 0) is 68.4 Å². The Bertz CT molecular complexity index is 2690. The van der Waals surface area contributed by atoms with Crippen molar-refractivity contribution < 1.29 is 60.8 Å². The summed E-state index contributed by atoms with van der Waals surface area (Å²) in [6.45, 7) is 14.8. The van der Waals surface area contributed by atoms with Crippen molar-refractivity contribution in [3.05, 3.63) is 94.6 Å². The molecule has 4 aromatic rings. The Morgan fingerprint density at radius 1 is 1.01 bits per heavy atom. The summed E-state index contributed by atoms with van der Waals surface area (Å²) in [6, 6.07) is 11.9. The van der Waals surface area contributed by atoms with E-state index in [1.54, 1.807) is 37.6 Å². The first-order valence-corrected chi connectivity index (χ1v) is 23.9. The molecule has 2 fully saturated rings. The number of hydrogen-bond donors (Lipinski definition) is 3. The smallest absolute Gasteiger partial charge is 0.420 e. The number of amides is 4. The summed E-state index contributed by atoms with van der Waals surface area (Å²) in [5, 5.41) is 25.4. The molecule has 2 aliphatic heterocycles. The van der Waals surface area contributed by atoms with E-state index in [-0.39, 0.29) is 69.2 Å². The number of aliphatic hydroxyl groups excluding tert-OH is 1. The van der Waals surface area contributed by atoms with Crippen LogP contribution < -0.4 is 29.9 Å². The molecular formula is C50H58F4N8O9S. The second-order valence-electron chi connectivity index (χ2n) is 18.7. The van der Waals surface area contributed by atoms with Crippen LogP contribution in [0.15, 0.2) is 66.4 Å². The van der Waals surface area contributed by atoms with Crippen LogP contribution in [-0.2, 0) is 41.4 Å². The topological polar surface area (TPSA) is 209 Å². The molecule has 4 amide bonds. The third kappa shape index (κ3) is 12.3. The van der Waals surface area contributed by atoms with Gasteiger partial charge < -0.3 is 44.5 Å². The Morgan fingerprint density at radius 2 is 1.69 bits per heavy atom. The number of alkyl halides is 3. The number of pyridine rings is 1. The number of nitrogens with zero attached hydrogens (tertiary/aromatic N) is 6. The van der Waals surface area contributed by atoms with Gasteiger partial charge in [-0.15, -0.1) is 11.3 Å². The number of aliphatic hydroxyl groups is 1. The minimum absolute atomic E-state index is 0.0119. The maximum Gasteiger partial charge on any atom is 0.420 e. The van der Waals surface area contributed by atoms with E-state index < -0.39 is 81.6 Å². The van der Waals surface area contributed by atoms with Crippen LogP contribution in [0.5, 0.6) is 11.8 Å². The van der Waals surface area contributed by atoms with Crippen molar-refractivity contribution in [2.24, 2.45) is 5.41 Å². The number of thiazole rings is 1. The maximum absolute atomic E-state index is 15.5. The third-order valence-electron chi connectivity index (χ3n) is 12.1. The molecule has 22 heteroatoms. The first-order chi connectivity index (χ1) is 34.0. The second-order valence-corrected chi connectivity index (χ2v) is 19.6. The van der Waals surface area contributed by atoms with Crippen LogP contribution in [0.4, 0.5) is 28.9 Å². The molecule has 4 heterocycles. The van der Waals surface area contributed by atoms with E-state index in [0.717, 1.165) is 38.7 Å². The largest absolute Gasteiger partial charge is 0.479 e. The fourth-order valence-corrected chi connectivity index (χ4v) is 9.19. The number of likely N-dealkylation sites (tertiary alicyclic amines) is 1. The highest BCUT2D eigenvalue weighted by Gasteiger charge is 2.52. The molecular weight excluding hydrogens is 965 g/mol. The molecule has 72 heavy (non-hydrogen) atoms. The number of aryl methyl sites for hydroxylation is 1. The molecule has 0 unspecified atom stereocenters. The predicted molar refractivity (Wildman–Crippen MR) is 258 cm³/mol. The van der Waals surface area contributed by atoms with Gasteiger partial charge in [0.05, 0.1) is 66.4 Å². The highest BCUT2D eigenvalue weighted by atomic mass is 32.1. The van der Waals surface area contributed by atoms with Crippen LogP contribution in [0, 0.1) is 29.5 Å². The van der Waals surface area contributed by atoms with Crippen LogP contribution in [-0.4, -0.2) is 114 Å². The number of methoxy groups -OCH3 is 1. The molecule has 3 N–H and O–H groups in total. The number of unbranched alkanes of at least 4 members (excludes halogenated alkanes) is 1. The third-order valence-corrected chi connectivity index (χ3v) is 13.0. The van der Waals surface area contributed by atoms with E-state index in [1.807, 2.05) is 31.2 Å². The maximum atomic E-state index is 15.5. The van der Waals surface area contributed by atoms with Crippen molar-refractivity contribution in [3.8, 4) is 28.3 Å². The first-order valence-electron chi connectivity index (χ1n) is 23.0. The minimum atomic E-state index is -5.21. The van der Waals surface area contributed by atoms with E-state index in [1.165, 1.54) is 49.0 Å². The zero-order valence-corrected chi connectivity index (χ0v) is 41.8. The van der Waals surface area contributed by atoms with Crippen LogP contribution in [0.25, 0.3) is 10.4 Å². The highest BCUT2D eigenvalue weighted by Crippen LogP contribution is 2.46. The van der Waals surface area contributed by atoms with Gasteiger partial charge in [0.1, 0.15) is 41.3 Å². The van der Waals surface area contributed by atoms with E-state index in [9.17, 15) is 42.7 Å². The summed E-state index contributed by atoms with van der Waals surface area (Å²) in [6.07, 6.45) is -4.94.